The van der Waals surface area contributed by atoms with Gasteiger partial charge in [-0.05, 0) is 30.3 Å². The molecule has 7 nitrogen and oxygen atoms in total. The third-order valence-electron chi connectivity index (χ3n) is 3.51. The summed E-state index contributed by atoms with van der Waals surface area (Å²) in [6.45, 7) is 0.510. The van der Waals surface area contributed by atoms with Gasteiger partial charge in [-0.15, -0.1) is 0 Å². The van der Waals surface area contributed by atoms with Gasteiger partial charge >= 0.3 is 0 Å². The molecule has 0 bridgehead atoms. The zero-order chi connectivity index (χ0) is 18.3. The summed E-state index contributed by atoms with van der Waals surface area (Å²) in [6.07, 6.45) is 2.75. The van der Waals surface area contributed by atoms with Crippen molar-refractivity contribution < 1.29 is 17.9 Å². The molecule has 0 radical (unpaired) electrons. The summed E-state index contributed by atoms with van der Waals surface area (Å²) >= 11 is 0. The van der Waals surface area contributed by atoms with Crippen molar-refractivity contribution in [3.8, 4) is 5.75 Å². The number of sulfonamides is 1. The number of pyridine rings is 1. The second-order valence-corrected chi connectivity index (χ2v) is 7.39. The van der Waals surface area contributed by atoms with Crippen LogP contribution in [-0.2, 0) is 16.6 Å². The maximum Gasteiger partial charge on any atom is 0.251 e. The normalized spacial score (nSPS) is 11.3. The minimum atomic E-state index is -3.41. The number of nitrogens with one attached hydrogen (secondary N) is 1. The molecule has 1 aromatic heterocycles. The van der Waals surface area contributed by atoms with Crippen molar-refractivity contribution in [1.29, 1.82) is 0 Å². The van der Waals surface area contributed by atoms with Crippen molar-refractivity contribution in [2.24, 2.45) is 0 Å². The lowest BCUT2D eigenvalue weighted by atomic mass is 10.2. The molecule has 8 heteroatoms. The molecule has 25 heavy (non-hydrogen) atoms. The van der Waals surface area contributed by atoms with Gasteiger partial charge in [-0.1, -0.05) is 12.1 Å². The Morgan fingerprint density at radius 1 is 1.24 bits per heavy atom. The van der Waals surface area contributed by atoms with Gasteiger partial charge < -0.3 is 10.1 Å². The standard InChI is InChI=1S/C17H21N3O4S/c1-24-16-8-5-6-14(12-16)17(21)19-10-11-20(25(2,22)23)13-15-7-3-4-9-18-15/h3-9,12H,10-11,13H2,1-2H3,(H,19,21). The van der Waals surface area contributed by atoms with Crippen LogP contribution in [0.1, 0.15) is 16.1 Å². The second-order valence-electron chi connectivity index (χ2n) is 5.41. The quantitative estimate of drug-likeness (QED) is 0.763. The fourth-order valence-corrected chi connectivity index (χ4v) is 2.98. The third kappa shape index (κ3) is 5.84. The zero-order valence-electron chi connectivity index (χ0n) is 14.2. The average molecular weight is 363 g/mol. The summed E-state index contributed by atoms with van der Waals surface area (Å²) in [5, 5.41) is 2.72. The van der Waals surface area contributed by atoms with Crippen LogP contribution in [0.25, 0.3) is 0 Å². The molecule has 1 heterocycles. The topological polar surface area (TPSA) is 88.6 Å². The van der Waals surface area contributed by atoms with Crippen LogP contribution in [0.3, 0.4) is 0 Å². The Morgan fingerprint density at radius 3 is 2.68 bits per heavy atom. The molecule has 0 unspecified atom stereocenters. The van der Waals surface area contributed by atoms with Gasteiger partial charge in [0.15, 0.2) is 0 Å². The minimum absolute atomic E-state index is 0.158. The molecular weight excluding hydrogens is 342 g/mol. The van der Waals surface area contributed by atoms with E-state index < -0.39 is 10.0 Å². The number of hydrogen-bond donors (Lipinski definition) is 1. The predicted octanol–water partition coefficient (Wildman–Crippen LogP) is 1.28. The molecule has 0 aliphatic carbocycles. The lowest BCUT2D eigenvalue weighted by Crippen LogP contribution is -2.37. The summed E-state index contributed by atoms with van der Waals surface area (Å²) in [7, 11) is -1.89. The van der Waals surface area contributed by atoms with E-state index in [0.29, 0.717) is 17.0 Å². The smallest absolute Gasteiger partial charge is 0.251 e. The fraction of sp³-hybridized carbons (Fsp3) is 0.294. The molecule has 2 rings (SSSR count). The first-order chi connectivity index (χ1) is 11.9. The van der Waals surface area contributed by atoms with Crippen LogP contribution in [0.5, 0.6) is 5.75 Å². The largest absolute Gasteiger partial charge is 0.497 e. The van der Waals surface area contributed by atoms with E-state index in [1.807, 2.05) is 0 Å². The van der Waals surface area contributed by atoms with Gasteiger partial charge in [-0.25, -0.2) is 8.42 Å². The van der Waals surface area contributed by atoms with Crippen molar-refractivity contribution in [3.63, 3.8) is 0 Å². The fourth-order valence-electron chi connectivity index (χ4n) is 2.19. The number of rotatable bonds is 8. The highest BCUT2D eigenvalue weighted by Gasteiger charge is 2.17. The molecule has 2 aromatic rings. The van der Waals surface area contributed by atoms with Gasteiger partial charge in [-0.2, -0.15) is 4.31 Å². The number of amides is 1. The third-order valence-corrected chi connectivity index (χ3v) is 4.76. The number of carbonyl (C=O) groups is 1. The summed E-state index contributed by atoms with van der Waals surface area (Å²) in [6, 6.07) is 12.1. The first-order valence-electron chi connectivity index (χ1n) is 7.67. The molecule has 0 aliphatic rings. The van der Waals surface area contributed by atoms with Crippen LogP contribution in [0, 0.1) is 0 Å². The van der Waals surface area contributed by atoms with Gasteiger partial charge in [0, 0.05) is 24.8 Å². The summed E-state index contributed by atoms with van der Waals surface area (Å²) in [5.41, 5.74) is 1.10. The van der Waals surface area contributed by atoms with Crippen LogP contribution in [0.2, 0.25) is 0 Å². The number of nitrogens with zero attached hydrogens (tertiary/aromatic N) is 2. The van der Waals surface area contributed by atoms with Crippen LogP contribution in [-0.4, -0.2) is 50.1 Å². The Bertz CT molecular complexity index is 810. The Hall–Kier alpha value is -2.45. The minimum Gasteiger partial charge on any atom is -0.497 e. The highest BCUT2D eigenvalue weighted by molar-refractivity contribution is 7.88. The van der Waals surface area contributed by atoms with Crippen LogP contribution < -0.4 is 10.1 Å². The number of benzene rings is 1. The Kier molecular flexibility index (Phi) is 6.49. The number of carbonyl (C=O) groups excluding carboxylic acids is 1. The van der Waals surface area contributed by atoms with E-state index in [-0.39, 0.29) is 25.5 Å². The summed E-state index contributed by atoms with van der Waals surface area (Å²) in [4.78, 5) is 16.3. The molecule has 134 valence electrons. The first kappa shape index (κ1) is 18.9. The van der Waals surface area contributed by atoms with Crippen molar-refractivity contribution in [2.45, 2.75) is 6.54 Å². The van der Waals surface area contributed by atoms with Gasteiger partial charge in [-0.3, -0.25) is 9.78 Å². The van der Waals surface area contributed by atoms with E-state index in [0.717, 1.165) is 6.26 Å². The number of aromatic nitrogens is 1. The lowest BCUT2D eigenvalue weighted by Gasteiger charge is -2.19. The Labute approximate surface area is 147 Å². The van der Waals surface area contributed by atoms with Gasteiger partial charge in [0.05, 0.1) is 25.6 Å². The van der Waals surface area contributed by atoms with Crippen molar-refractivity contribution in [1.82, 2.24) is 14.6 Å². The monoisotopic (exact) mass is 363 g/mol. The van der Waals surface area contributed by atoms with Crippen molar-refractivity contribution in [3.05, 3.63) is 59.9 Å². The van der Waals surface area contributed by atoms with Crippen LogP contribution >= 0.6 is 0 Å². The SMILES string of the molecule is COc1cccc(C(=O)NCCN(Cc2ccccn2)S(C)(=O)=O)c1. The highest BCUT2D eigenvalue weighted by atomic mass is 32.2. The maximum absolute atomic E-state index is 12.2. The predicted molar refractivity (Wildman–Crippen MR) is 94.8 cm³/mol. The van der Waals surface area contributed by atoms with Crippen molar-refractivity contribution >= 4 is 15.9 Å². The second kappa shape index (κ2) is 8.59. The van der Waals surface area contributed by atoms with Crippen LogP contribution in [0.15, 0.2) is 48.7 Å². The molecule has 0 spiro atoms. The number of ether oxygens (including phenoxy) is 1. The van der Waals surface area contributed by atoms with E-state index in [1.54, 1.807) is 48.7 Å². The van der Waals surface area contributed by atoms with Crippen molar-refractivity contribution in [2.75, 3.05) is 26.5 Å². The van der Waals surface area contributed by atoms with Gasteiger partial charge in [0.25, 0.3) is 5.91 Å². The van der Waals surface area contributed by atoms with E-state index in [9.17, 15) is 13.2 Å². The molecule has 0 saturated heterocycles. The van der Waals surface area contributed by atoms with E-state index >= 15 is 0 Å². The molecule has 0 fully saturated rings. The number of methoxy groups -OCH3 is 1. The van der Waals surface area contributed by atoms with E-state index in [1.165, 1.54) is 11.4 Å². The molecule has 1 N–H and O–H groups in total. The zero-order valence-corrected chi connectivity index (χ0v) is 15.0. The molecule has 1 aromatic carbocycles. The van der Waals surface area contributed by atoms with Crippen LogP contribution in [0.4, 0.5) is 0 Å². The molecule has 0 atom stereocenters. The average Bonchev–Trinajstić information content (AvgIpc) is 2.61. The molecule has 0 aliphatic heterocycles. The summed E-state index contributed by atoms with van der Waals surface area (Å²) in [5.74, 6) is 0.297. The maximum atomic E-state index is 12.2. The number of hydrogen-bond acceptors (Lipinski definition) is 5. The van der Waals surface area contributed by atoms with E-state index in [4.69, 9.17) is 4.74 Å². The Morgan fingerprint density at radius 2 is 2.04 bits per heavy atom. The summed E-state index contributed by atoms with van der Waals surface area (Å²) < 4.78 is 30.2. The first-order valence-corrected chi connectivity index (χ1v) is 9.52. The van der Waals surface area contributed by atoms with Gasteiger partial charge in [0.1, 0.15) is 5.75 Å². The lowest BCUT2D eigenvalue weighted by molar-refractivity contribution is 0.0951. The molecule has 0 saturated carbocycles. The molecular formula is C17H21N3O4S. The molecule has 1 amide bonds. The van der Waals surface area contributed by atoms with Gasteiger partial charge in [0.2, 0.25) is 10.0 Å². The highest BCUT2D eigenvalue weighted by Crippen LogP contribution is 2.12. The van der Waals surface area contributed by atoms with E-state index in [2.05, 4.69) is 10.3 Å². The Balaban J connectivity index is 1.95.